The van der Waals surface area contributed by atoms with E-state index in [-0.39, 0.29) is 13.0 Å². The van der Waals surface area contributed by atoms with Crippen molar-refractivity contribution < 1.29 is 42.1 Å². The number of nitrogens with one attached hydrogen (secondary N) is 2. The first-order valence-corrected chi connectivity index (χ1v) is 12.3. The Kier molecular flexibility index (Phi) is 8.88. The number of anilines is 2. The van der Waals surface area contributed by atoms with E-state index in [1.165, 1.54) is 31.4 Å². The van der Waals surface area contributed by atoms with Crippen molar-refractivity contribution in [2.24, 2.45) is 0 Å². The molecule has 1 aliphatic rings. The molecule has 1 aliphatic heterocycles. The summed E-state index contributed by atoms with van der Waals surface area (Å²) in [5, 5.41) is 15.2. The van der Waals surface area contributed by atoms with E-state index in [0.717, 1.165) is 12.1 Å². The van der Waals surface area contributed by atoms with Crippen molar-refractivity contribution in [1.29, 1.82) is 0 Å². The molecule has 212 valence electrons. The minimum absolute atomic E-state index is 0.0403. The largest absolute Gasteiger partial charge is 0.482 e. The lowest BCUT2D eigenvalue weighted by Gasteiger charge is -2.23. The molecule has 4 rings (SSSR count). The molecule has 0 fully saturated rings. The van der Waals surface area contributed by atoms with Crippen molar-refractivity contribution >= 4 is 34.7 Å². The van der Waals surface area contributed by atoms with Gasteiger partial charge in [0.1, 0.15) is 11.9 Å². The molecule has 3 aromatic rings. The number of halogens is 3. The average Bonchev–Trinajstić information content (AvgIpc) is 2.95. The summed E-state index contributed by atoms with van der Waals surface area (Å²) < 4.78 is 49.2. The molecule has 0 aliphatic carbocycles. The maximum atomic E-state index is 13.1. The van der Waals surface area contributed by atoms with Gasteiger partial charge in [0, 0.05) is 29.4 Å². The summed E-state index contributed by atoms with van der Waals surface area (Å²) in [4.78, 5) is 35.8. The van der Waals surface area contributed by atoms with Gasteiger partial charge in [0.15, 0.2) is 6.61 Å². The van der Waals surface area contributed by atoms with E-state index in [2.05, 4.69) is 15.4 Å². The number of carbonyl (C=O) groups is 3. The van der Waals surface area contributed by atoms with Gasteiger partial charge in [-0.1, -0.05) is 42.5 Å². The van der Waals surface area contributed by atoms with Gasteiger partial charge in [0.25, 0.3) is 5.91 Å². The van der Waals surface area contributed by atoms with Crippen molar-refractivity contribution in [1.82, 2.24) is 0 Å². The van der Waals surface area contributed by atoms with Crippen LogP contribution >= 0.6 is 0 Å². The van der Waals surface area contributed by atoms with Gasteiger partial charge in [-0.25, -0.2) is 4.79 Å². The van der Waals surface area contributed by atoms with Crippen LogP contribution in [0.25, 0.3) is 5.57 Å². The maximum Gasteiger partial charge on any atom is 0.416 e. The lowest BCUT2D eigenvalue weighted by atomic mass is 9.96. The fraction of sp³-hybridized carbons (Fsp3) is 0.167. The van der Waals surface area contributed by atoms with Gasteiger partial charge < -0.3 is 25.2 Å². The van der Waals surface area contributed by atoms with Crippen LogP contribution in [0.5, 0.6) is 5.75 Å². The smallest absolute Gasteiger partial charge is 0.416 e. The summed E-state index contributed by atoms with van der Waals surface area (Å²) in [5.41, 5.74) is 2.29. The predicted molar refractivity (Wildman–Crippen MR) is 145 cm³/mol. The number of ether oxygens (including phenoxy) is 2. The van der Waals surface area contributed by atoms with Gasteiger partial charge in [-0.05, 0) is 53.1 Å². The third kappa shape index (κ3) is 7.40. The number of aliphatic hydroxyl groups is 1. The molecule has 2 amide bonds. The average molecular weight is 567 g/mol. The number of esters is 1. The normalized spacial score (nSPS) is 15.2. The van der Waals surface area contributed by atoms with Gasteiger partial charge in [0.2, 0.25) is 5.91 Å². The fourth-order valence-electron chi connectivity index (χ4n) is 4.08. The summed E-state index contributed by atoms with van der Waals surface area (Å²) in [6, 6.07) is 16.1. The molecule has 0 bridgehead atoms. The van der Waals surface area contributed by atoms with Crippen molar-refractivity contribution in [3.05, 3.63) is 107 Å². The molecule has 0 saturated heterocycles. The van der Waals surface area contributed by atoms with E-state index in [0.29, 0.717) is 39.4 Å². The van der Waals surface area contributed by atoms with Gasteiger partial charge in [0.05, 0.1) is 12.7 Å². The first kappa shape index (κ1) is 29.1. The summed E-state index contributed by atoms with van der Waals surface area (Å²) in [6.07, 6.45) is -1.41. The highest BCUT2D eigenvalue weighted by atomic mass is 19.4. The van der Waals surface area contributed by atoms with Crippen LogP contribution in [0.1, 0.15) is 22.3 Å². The number of alkyl halides is 3. The Morgan fingerprint density at radius 2 is 1.71 bits per heavy atom. The molecule has 1 atom stereocenters. The van der Waals surface area contributed by atoms with E-state index in [1.54, 1.807) is 48.5 Å². The van der Waals surface area contributed by atoms with Gasteiger partial charge in [-0.2, -0.15) is 13.2 Å². The Balaban J connectivity index is 1.57. The standard InChI is InChI=1S/C30H25F3N2O6/c1-40-28(38)17-41-21-14-10-19(11-15-21)22(18-8-12-20(13-9-18)30(31,32)33)4-2-7-27(37)34-24-5-3-6-25-23(24)16-26(36)29(39)35-25/h2-15,26,36H,16-17H2,1H3,(H,34,37)(H,35,39)/b7-2+,22-4-. The molecule has 0 saturated carbocycles. The second-order valence-corrected chi connectivity index (χ2v) is 8.93. The first-order valence-electron chi connectivity index (χ1n) is 12.3. The minimum atomic E-state index is -4.49. The van der Waals surface area contributed by atoms with Crippen molar-refractivity contribution in [3.63, 3.8) is 0 Å². The van der Waals surface area contributed by atoms with E-state index < -0.39 is 35.6 Å². The number of benzene rings is 3. The fourth-order valence-corrected chi connectivity index (χ4v) is 4.08. The Labute approximate surface area is 233 Å². The summed E-state index contributed by atoms with van der Waals surface area (Å²) in [7, 11) is 1.24. The zero-order chi connectivity index (χ0) is 29.6. The SMILES string of the molecule is COC(=O)COc1ccc(/C(=C\C=C\C(=O)Nc2cccc3c2CC(O)C(=O)N3)c2ccc(C(F)(F)F)cc2)cc1. The highest BCUT2D eigenvalue weighted by Gasteiger charge is 2.30. The monoisotopic (exact) mass is 566 g/mol. The second kappa shape index (κ2) is 12.5. The molecule has 1 unspecified atom stereocenters. The van der Waals surface area contributed by atoms with E-state index in [4.69, 9.17) is 4.74 Å². The van der Waals surface area contributed by atoms with Crippen LogP contribution in [0, 0.1) is 0 Å². The Morgan fingerprint density at radius 1 is 1.05 bits per heavy atom. The topological polar surface area (TPSA) is 114 Å². The molecule has 3 N–H and O–H groups in total. The second-order valence-electron chi connectivity index (χ2n) is 8.93. The lowest BCUT2D eigenvalue weighted by Crippen LogP contribution is -2.34. The van der Waals surface area contributed by atoms with Crippen molar-refractivity contribution in [2.45, 2.75) is 18.7 Å². The molecular weight excluding hydrogens is 541 g/mol. The molecule has 0 radical (unpaired) electrons. The minimum Gasteiger partial charge on any atom is -0.482 e. The number of allylic oxidation sites excluding steroid dienone is 2. The molecule has 1 heterocycles. The van der Waals surface area contributed by atoms with E-state index in [1.807, 2.05) is 0 Å². The number of hydrogen-bond acceptors (Lipinski definition) is 6. The molecule has 8 nitrogen and oxygen atoms in total. The Hall–Kier alpha value is -4.90. The van der Waals surface area contributed by atoms with Crippen molar-refractivity contribution in [2.75, 3.05) is 24.4 Å². The molecular formula is C30H25F3N2O6. The van der Waals surface area contributed by atoms with Crippen LogP contribution < -0.4 is 15.4 Å². The molecule has 41 heavy (non-hydrogen) atoms. The van der Waals surface area contributed by atoms with Crippen molar-refractivity contribution in [3.8, 4) is 5.75 Å². The number of methoxy groups -OCH3 is 1. The summed E-state index contributed by atoms with van der Waals surface area (Å²) in [6.45, 7) is -0.286. The van der Waals surface area contributed by atoms with E-state index in [9.17, 15) is 32.7 Å². The number of rotatable bonds is 8. The number of carbonyl (C=O) groups excluding carboxylic acids is 3. The van der Waals surface area contributed by atoms with Crippen LogP contribution in [0.3, 0.4) is 0 Å². The number of amides is 2. The third-order valence-electron chi connectivity index (χ3n) is 6.18. The zero-order valence-corrected chi connectivity index (χ0v) is 21.7. The Bertz CT molecular complexity index is 1500. The van der Waals surface area contributed by atoms with Crippen LogP contribution in [-0.2, 0) is 31.7 Å². The summed E-state index contributed by atoms with van der Waals surface area (Å²) >= 11 is 0. The van der Waals surface area contributed by atoms with Gasteiger partial charge in [-0.15, -0.1) is 0 Å². The summed E-state index contributed by atoms with van der Waals surface area (Å²) in [5.74, 6) is -1.20. The number of aliphatic hydroxyl groups excluding tert-OH is 1. The molecule has 0 spiro atoms. The van der Waals surface area contributed by atoms with Crippen LogP contribution in [-0.4, -0.2) is 42.7 Å². The highest BCUT2D eigenvalue weighted by Crippen LogP contribution is 2.32. The number of fused-ring (bicyclic) bond motifs is 1. The van der Waals surface area contributed by atoms with Crippen LogP contribution in [0.4, 0.5) is 24.5 Å². The van der Waals surface area contributed by atoms with E-state index >= 15 is 0 Å². The lowest BCUT2D eigenvalue weighted by molar-refractivity contribution is -0.143. The zero-order valence-electron chi connectivity index (χ0n) is 21.7. The van der Waals surface area contributed by atoms with Gasteiger partial charge in [-0.3, -0.25) is 9.59 Å². The van der Waals surface area contributed by atoms with Crippen LogP contribution in [0.15, 0.2) is 85.0 Å². The first-order chi connectivity index (χ1) is 19.5. The number of hydrogen-bond donors (Lipinski definition) is 3. The highest BCUT2D eigenvalue weighted by molar-refractivity contribution is 6.03. The quantitative estimate of drug-likeness (QED) is 0.206. The third-order valence-corrected chi connectivity index (χ3v) is 6.18. The Morgan fingerprint density at radius 3 is 2.34 bits per heavy atom. The maximum absolute atomic E-state index is 13.1. The molecule has 0 aromatic heterocycles. The molecule has 11 heteroatoms. The van der Waals surface area contributed by atoms with Gasteiger partial charge >= 0.3 is 12.1 Å². The predicted octanol–water partition coefficient (Wildman–Crippen LogP) is 4.74. The molecule has 3 aromatic carbocycles. The van der Waals surface area contributed by atoms with Crippen LogP contribution in [0.2, 0.25) is 0 Å².